The van der Waals surface area contributed by atoms with Gasteiger partial charge in [0.15, 0.2) is 0 Å². The van der Waals surface area contributed by atoms with Crippen LogP contribution in [0.25, 0.3) is 0 Å². The molecule has 0 saturated carbocycles. The molecule has 0 radical (unpaired) electrons. The molecule has 1 atom stereocenters. The van der Waals surface area contributed by atoms with Crippen molar-refractivity contribution in [3.63, 3.8) is 0 Å². The molecule has 0 unspecified atom stereocenters. The molecule has 0 spiro atoms. The quantitative estimate of drug-likeness (QED) is 0.559. The van der Waals surface area contributed by atoms with E-state index in [1.807, 2.05) is 54.6 Å². The van der Waals surface area contributed by atoms with Crippen molar-refractivity contribution in [1.29, 1.82) is 0 Å². The number of anilines is 1. The molecule has 142 valence electrons. The number of hydrogen-bond donors (Lipinski definition) is 2. The molecule has 0 aliphatic heterocycles. The summed E-state index contributed by atoms with van der Waals surface area (Å²) < 4.78 is 33.8. The Morgan fingerprint density at radius 1 is 1.04 bits per heavy atom. The van der Waals surface area contributed by atoms with Gasteiger partial charge in [0.1, 0.15) is 9.96 Å². The standard InChI is InChI=1S/C19H19ClN2O3S2/c1-25-17-10-6-5-9-15(17)22-16(14-7-3-2-4-8-14)13-21-27(23,24)19-12-11-18(20)26-19/h2-12,16,21-22H,13H2,1H3/t16-/m1/s1. The number of thiophene rings is 1. The van der Waals surface area contributed by atoms with Crippen molar-refractivity contribution in [3.05, 3.63) is 76.6 Å². The molecule has 8 heteroatoms. The zero-order valence-corrected chi connectivity index (χ0v) is 16.9. The first-order chi connectivity index (χ1) is 13.0. The minimum absolute atomic E-state index is 0.167. The van der Waals surface area contributed by atoms with Gasteiger partial charge in [-0.05, 0) is 29.8 Å². The first kappa shape index (κ1) is 19.7. The number of rotatable bonds is 8. The van der Waals surface area contributed by atoms with Crippen molar-refractivity contribution in [2.24, 2.45) is 0 Å². The second-order valence-electron chi connectivity index (χ2n) is 5.72. The van der Waals surface area contributed by atoms with Gasteiger partial charge in [0, 0.05) is 6.54 Å². The molecule has 0 aliphatic carbocycles. The van der Waals surface area contributed by atoms with E-state index in [9.17, 15) is 8.42 Å². The first-order valence-corrected chi connectivity index (χ1v) is 10.9. The smallest absolute Gasteiger partial charge is 0.250 e. The summed E-state index contributed by atoms with van der Waals surface area (Å²) in [5.74, 6) is 0.686. The van der Waals surface area contributed by atoms with E-state index >= 15 is 0 Å². The van der Waals surface area contributed by atoms with Gasteiger partial charge in [-0.2, -0.15) is 0 Å². The molecular weight excluding hydrogens is 404 g/mol. The van der Waals surface area contributed by atoms with Gasteiger partial charge in [0.05, 0.1) is 23.2 Å². The molecule has 1 heterocycles. The van der Waals surface area contributed by atoms with Crippen LogP contribution in [0.5, 0.6) is 5.75 Å². The highest BCUT2D eigenvalue weighted by Crippen LogP contribution is 2.29. The summed E-state index contributed by atoms with van der Waals surface area (Å²) in [4.78, 5) is 0. The van der Waals surface area contributed by atoms with E-state index < -0.39 is 10.0 Å². The monoisotopic (exact) mass is 422 g/mol. The molecule has 5 nitrogen and oxygen atoms in total. The van der Waals surface area contributed by atoms with Crippen molar-refractivity contribution in [2.45, 2.75) is 10.3 Å². The summed E-state index contributed by atoms with van der Waals surface area (Å²) in [5, 5.41) is 3.37. The average molecular weight is 423 g/mol. The summed E-state index contributed by atoms with van der Waals surface area (Å²) in [6.45, 7) is 0.167. The van der Waals surface area contributed by atoms with Crippen LogP contribution in [0.1, 0.15) is 11.6 Å². The van der Waals surface area contributed by atoms with E-state index in [4.69, 9.17) is 16.3 Å². The van der Waals surface area contributed by atoms with Gasteiger partial charge in [-0.15, -0.1) is 11.3 Å². The topological polar surface area (TPSA) is 67.4 Å². The van der Waals surface area contributed by atoms with E-state index in [0.29, 0.717) is 10.1 Å². The van der Waals surface area contributed by atoms with E-state index in [-0.39, 0.29) is 16.8 Å². The molecule has 0 aliphatic rings. The lowest BCUT2D eigenvalue weighted by Gasteiger charge is -2.22. The lowest BCUT2D eigenvalue weighted by Crippen LogP contribution is -2.31. The SMILES string of the molecule is COc1ccccc1N[C@H](CNS(=O)(=O)c1ccc(Cl)s1)c1ccccc1. The fourth-order valence-electron chi connectivity index (χ4n) is 2.60. The van der Waals surface area contributed by atoms with Crippen LogP contribution < -0.4 is 14.8 Å². The maximum absolute atomic E-state index is 12.5. The van der Waals surface area contributed by atoms with Crippen LogP contribution in [0.3, 0.4) is 0 Å². The second kappa shape index (κ2) is 8.75. The van der Waals surface area contributed by atoms with Gasteiger partial charge in [-0.25, -0.2) is 13.1 Å². The Balaban J connectivity index is 1.83. The number of ether oxygens (including phenoxy) is 1. The van der Waals surface area contributed by atoms with Crippen LogP contribution in [0.2, 0.25) is 4.34 Å². The van der Waals surface area contributed by atoms with Crippen LogP contribution in [0.15, 0.2) is 70.9 Å². The molecule has 0 fully saturated rings. The van der Waals surface area contributed by atoms with Crippen molar-refractivity contribution < 1.29 is 13.2 Å². The zero-order chi connectivity index (χ0) is 19.3. The molecule has 27 heavy (non-hydrogen) atoms. The number of hydrogen-bond acceptors (Lipinski definition) is 5. The Kier molecular flexibility index (Phi) is 6.38. The number of benzene rings is 2. The van der Waals surface area contributed by atoms with Gasteiger partial charge >= 0.3 is 0 Å². The average Bonchev–Trinajstić information content (AvgIpc) is 3.13. The molecule has 3 aromatic rings. The van der Waals surface area contributed by atoms with Crippen molar-refractivity contribution in [3.8, 4) is 5.75 Å². The number of methoxy groups -OCH3 is 1. The fraction of sp³-hybridized carbons (Fsp3) is 0.158. The fourth-order valence-corrected chi connectivity index (χ4v) is 5.17. The van der Waals surface area contributed by atoms with Crippen molar-refractivity contribution >= 4 is 38.6 Å². The number of para-hydroxylation sites is 2. The van der Waals surface area contributed by atoms with Crippen LogP contribution in [-0.4, -0.2) is 22.1 Å². The van der Waals surface area contributed by atoms with Gasteiger partial charge in [-0.3, -0.25) is 0 Å². The third-order valence-corrected chi connectivity index (χ3v) is 7.08. The molecule has 2 aromatic carbocycles. The maximum atomic E-state index is 12.5. The molecule has 0 bridgehead atoms. The van der Waals surface area contributed by atoms with E-state index in [1.165, 1.54) is 6.07 Å². The number of nitrogens with one attached hydrogen (secondary N) is 2. The molecule has 1 aromatic heterocycles. The van der Waals surface area contributed by atoms with Crippen LogP contribution in [0, 0.1) is 0 Å². The highest BCUT2D eigenvalue weighted by atomic mass is 35.5. The molecule has 0 saturated heterocycles. The van der Waals surface area contributed by atoms with E-state index in [1.54, 1.807) is 13.2 Å². The lowest BCUT2D eigenvalue weighted by molar-refractivity contribution is 0.416. The molecule has 2 N–H and O–H groups in total. The number of sulfonamides is 1. The Morgan fingerprint density at radius 3 is 2.41 bits per heavy atom. The number of halogens is 1. The highest BCUT2D eigenvalue weighted by molar-refractivity contribution is 7.91. The highest BCUT2D eigenvalue weighted by Gasteiger charge is 2.20. The van der Waals surface area contributed by atoms with Gasteiger partial charge in [0.25, 0.3) is 0 Å². The minimum atomic E-state index is -3.64. The minimum Gasteiger partial charge on any atom is -0.495 e. The second-order valence-corrected chi connectivity index (χ2v) is 9.43. The Labute approximate surface area is 168 Å². The van der Waals surface area contributed by atoms with Crippen LogP contribution >= 0.6 is 22.9 Å². The predicted molar refractivity (Wildman–Crippen MR) is 110 cm³/mol. The largest absolute Gasteiger partial charge is 0.495 e. The summed E-state index contributed by atoms with van der Waals surface area (Å²) in [7, 11) is -2.04. The van der Waals surface area contributed by atoms with Crippen molar-refractivity contribution in [1.82, 2.24) is 4.72 Å². The van der Waals surface area contributed by atoms with Crippen molar-refractivity contribution in [2.75, 3.05) is 19.0 Å². The first-order valence-electron chi connectivity index (χ1n) is 8.19. The van der Waals surface area contributed by atoms with Crippen LogP contribution in [0.4, 0.5) is 5.69 Å². The van der Waals surface area contributed by atoms with E-state index in [2.05, 4.69) is 10.0 Å². The maximum Gasteiger partial charge on any atom is 0.250 e. The third-order valence-electron chi connectivity index (χ3n) is 3.93. The Hall–Kier alpha value is -2.06. The Morgan fingerprint density at radius 2 is 1.74 bits per heavy atom. The zero-order valence-electron chi connectivity index (χ0n) is 14.6. The molecular formula is C19H19ClN2O3S2. The van der Waals surface area contributed by atoms with Crippen LogP contribution in [-0.2, 0) is 10.0 Å². The summed E-state index contributed by atoms with van der Waals surface area (Å²) in [6.07, 6.45) is 0. The van der Waals surface area contributed by atoms with Gasteiger partial charge in [0.2, 0.25) is 10.0 Å². The summed E-state index contributed by atoms with van der Waals surface area (Å²) in [6, 6.07) is 19.9. The third kappa shape index (κ3) is 5.01. The van der Waals surface area contributed by atoms with Gasteiger partial charge < -0.3 is 10.1 Å². The molecule has 3 rings (SSSR count). The van der Waals surface area contributed by atoms with Gasteiger partial charge in [-0.1, -0.05) is 54.1 Å². The summed E-state index contributed by atoms with van der Waals surface area (Å²) >= 11 is 6.89. The van der Waals surface area contributed by atoms with E-state index in [0.717, 1.165) is 22.6 Å². The molecule has 0 amide bonds. The Bertz CT molecular complexity index is 991. The lowest BCUT2D eigenvalue weighted by atomic mass is 10.1. The summed E-state index contributed by atoms with van der Waals surface area (Å²) in [5.41, 5.74) is 1.74. The normalized spacial score (nSPS) is 12.5. The predicted octanol–water partition coefficient (Wildman–Crippen LogP) is 4.54.